The molecule has 0 fully saturated rings. The summed E-state index contributed by atoms with van der Waals surface area (Å²) in [5, 5.41) is 0. The molecule has 0 aliphatic heterocycles. The van der Waals surface area contributed by atoms with Crippen LogP contribution in [0, 0.1) is 20.8 Å². The molecule has 0 aromatic heterocycles. The van der Waals surface area contributed by atoms with Crippen molar-refractivity contribution < 1.29 is 0 Å². The molecule has 5 rings (SSSR count). The maximum absolute atomic E-state index is 2.63. The molecule has 0 heteroatoms. The first-order valence-corrected chi connectivity index (χ1v) is 19.0. The first kappa shape index (κ1) is 34.9. The Morgan fingerprint density at radius 2 is 0.872 bits per heavy atom. The van der Waals surface area contributed by atoms with Crippen LogP contribution in [0.2, 0.25) is 0 Å². The van der Waals surface area contributed by atoms with Crippen LogP contribution in [0.1, 0.15) is 155 Å². The second-order valence-electron chi connectivity index (χ2n) is 14.7. The van der Waals surface area contributed by atoms with Crippen LogP contribution < -0.4 is 0 Å². The number of benzene rings is 4. The fourth-order valence-corrected chi connectivity index (χ4v) is 8.11. The normalized spacial score (nSPS) is 13.7. The third kappa shape index (κ3) is 8.20. The minimum Gasteiger partial charge on any atom is -0.0654 e. The highest BCUT2D eigenvalue weighted by Gasteiger charge is 2.42. The number of hydrogen-bond acceptors (Lipinski definition) is 0. The monoisotopic (exact) mass is 624 g/mol. The summed E-state index contributed by atoms with van der Waals surface area (Å²) in [6.45, 7) is 13.6. The van der Waals surface area contributed by atoms with E-state index in [0.717, 1.165) is 0 Å². The second-order valence-corrected chi connectivity index (χ2v) is 14.7. The molecule has 0 heterocycles. The summed E-state index contributed by atoms with van der Waals surface area (Å²) in [6.07, 6.45) is 18.6. The number of aryl methyl sites for hydroxylation is 3. The lowest BCUT2D eigenvalue weighted by atomic mass is 9.70. The van der Waals surface area contributed by atoms with Gasteiger partial charge in [0.2, 0.25) is 0 Å². The number of unbranched alkanes of at least 4 members (excludes halogenated alkanes) is 10. The van der Waals surface area contributed by atoms with Gasteiger partial charge in [-0.1, -0.05) is 186 Å². The van der Waals surface area contributed by atoms with Crippen molar-refractivity contribution in [2.24, 2.45) is 0 Å². The Bertz CT molecular complexity index is 1600. The van der Waals surface area contributed by atoms with Crippen LogP contribution in [0.5, 0.6) is 0 Å². The van der Waals surface area contributed by atoms with E-state index < -0.39 is 0 Å². The van der Waals surface area contributed by atoms with Crippen LogP contribution >= 0.6 is 0 Å². The van der Waals surface area contributed by atoms with Crippen molar-refractivity contribution in [2.45, 2.75) is 137 Å². The van der Waals surface area contributed by atoms with E-state index in [1.165, 1.54) is 146 Å². The van der Waals surface area contributed by atoms with E-state index in [1.54, 1.807) is 11.1 Å². The van der Waals surface area contributed by atoms with Crippen molar-refractivity contribution in [2.75, 3.05) is 0 Å². The maximum atomic E-state index is 2.63. The van der Waals surface area contributed by atoms with Crippen molar-refractivity contribution in [1.29, 1.82) is 0 Å². The van der Waals surface area contributed by atoms with E-state index in [1.807, 2.05) is 0 Å². The summed E-state index contributed by atoms with van der Waals surface area (Å²) in [5.41, 5.74) is 16.9. The topological polar surface area (TPSA) is 0 Å². The van der Waals surface area contributed by atoms with Crippen LogP contribution in [0.3, 0.4) is 0 Å². The summed E-state index contributed by atoms with van der Waals surface area (Å²) in [4.78, 5) is 0. The molecule has 0 nitrogen and oxygen atoms in total. The fourth-order valence-electron chi connectivity index (χ4n) is 8.11. The Morgan fingerprint density at radius 3 is 1.43 bits per heavy atom. The number of allylic oxidation sites excluding steroid dienone is 1. The highest BCUT2D eigenvalue weighted by molar-refractivity contribution is 5.99. The van der Waals surface area contributed by atoms with E-state index in [9.17, 15) is 0 Å². The molecule has 0 amide bonds. The predicted molar refractivity (Wildman–Crippen MR) is 207 cm³/mol. The van der Waals surface area contributed by atoms with Gasteiger partial charge in [0.15, 0.2) is 0 Å². The number of hydrogen-bond donors (Lipinski definition) is 0. The van der Waals surface area contributed by atoms with Gasteiger partial charge in [-0.2, -0.15) is 0 Å². The van der Waals surface area contributed by atoms with Gasteiger partial charge >= 0.3 is 0 Å². The zero-order valence-corrected chi connectivity index (χ0v) is 30.5. The maximum Gasteiger partial charge on any atom is 0.0215 e. The van der Waals surface area contributed by atoms with Crippen molar-refractivity contribution in [3.05, 3.63) is 129 Å². The third-order valence-electron chi connectivity index (χ3n) is 10.9. The molecule has 4 aromatic carbocycles. The van der Waals surface area contributed by atoms with Gasteiger partial charge < -0.3 is 0 Å². The highest BCUT2D eigenvalue weighted by atomic mass is 14.5. The summed E-state index contributed by atoms with van der Waals surface area (Å²) in [6, 6.07) is 33.1. The molecule has 248 valence electrons. The quantitative estimate of drug-likeness (QED) is 0.0810. The molecule has 0 N–H and O–H groups in total. The van der Waals surface area contributed by atoms with Crippen molar-refractivity contribution in [3.63, 3.8) is 0 Å². The smallest absolute Gasteiger partial charge is 0.0215 e. The largest absolute Gasteiger partial charge is 0.0654 e. The van der Waals surface area contributed by atoms with Gasteiger partial charge in [0, 0.05) is 5.41 Å². The Morgan fingerprint density at radius 1 is 0.447 bits per heavy atom. The SMILES string of the molecule is CCCCCCCCC1(CCCCCCCC)c2cc(C)ccc2-c2ccc(/C(=C(/C)c3ccc(C)cc3)c3ccc(C)cc3)cc21. The first-order chi connectivity index (χ1) is 22.9. The van der Waals surface area contributed by atoms with Crippen LogP contribution in [0.4, 0.5) is 0 Å². The summed E-state index contributed by atoms with van der Waals surface area (Å²) < 4.78 is 0. The highest BCUT2D eigenvalue weighted by Crippen LogP contribution is 2.55. The summed E-state index contributed by atoms with van der Waals surface area (Å²) >= 11 is 0. The Balaban J connectivity index is 1.63. The number of rotatable bonds is 17. The molecule has 0 atom stereocenters. The van der Waals surface area contributed by atoms with Gasteiger partial charge in [-0.3, -0.25) is 0 Å². The van der Waals surface area contributed by atoms with Crippen LogP contribution in [0.25, 0.3) is 22.3 Å². The molecule has 0 radical (unpaired) electrons. The van der Waals surface area contributed by atoms with E-state index in [0.29, 0.717) is 0 Å². The zero-order valence-electron chi connectivity index (χ0n) is 30.5. The van der Waals surface area contributed by atoms with Gasteiger partial charge in [0.25, 0.3) is 0 Å². The van der Waals surface area contributed by atoms with Gasteiger partial charge in [-0.15, -0.1) is 0 Å². The minimum absolute atomic E-state index is 0.0817. The van der Waals surface area contributed by atoms with Crippen LogP contribution in [0.15, 0.2) is 84.9 Å². The first-order valence-electron chi connectivity index (χ1n) is 19.0. The molecule has 0 unspecified atom stereocenters. The average Bonchev–Trinajstić information content (AvgIpc) is 3.33. The van der Waals surface area contributed by atoms with Gasteiger partial charge in [0.05, 0.1) is 0 Å². The van der Waals surface area contributed by atoms with Crippen LogP contribution in [-0.4, -0.2) is 0 Å². The molecular weight excluding hydrogens is 565 g/mol. The second kappa shape index (κ2) is 16.6. The van der Waals surface area contributed by atoms with E-state index in [4.69, 9.17) is 0 Å². The predicted octanol–water partition coefficient (Wildman–Crippen LogP) is 14.4. The third-order valence-corrected chi connectivity index (χ3v) is 10.9. The zero-order chi connectivity index (χ0) is 33.2. The van der Waals surface area contributed by atoms with Crippen LogP contribution in [-0.2, 0) is 5.41 Å². The molecule has 0 spiro atoms. The summed E-state index contributed by atoms with van der Waals surface area (Å²) in [5.74, 6) is 0. The Kier molecular flexibility index (Phi) is 12.4. The van der Waals surface area contributed by atoms with Crippen molar-refractivity contribution >= 4 is 11.1 Å². The van der Waals surface area contributed by atoms with Gasteiger partial charge in [0.1, 0.15) is 0 Å². The molecule has 0 bridgehead atoms. The molecule has 4 aromatic rings. The lowest BCUT2D eigenvalue weighted by Gasteiger charge is -2.33. The molecular formula is C47H60. The van der Waals surface area contributed by atoms with Gasteiger partial charge in [-0.05, 0) is 96.7 Å². The lowest BCUT2D eigenvalue weighted by Crippen LogP contribution is -2.26. The van der Waals surface area contributed by atoms with Crippen molar-refractivity contribution in [1.82, 2.24) is 0 Å². The average molecular weight is 625 g/mol. The summed E-state index contributed by atoms with van der Waals surface area (Å²) in [7, 11) is 0. The fraction of sp³-hybridized carbons (Fsp3) is 0.447. The molecule has 1 aliphatic rings. The van der Waals surface area contributed by atoms with Crippen molar-refractivity contribution in [3.8, 4) is 11.1 Å². The number of fused-ring (bicyclic) bond motifs is 3. The van der Waals surface area contributed by atoms with E-state index in [-0.39, 0.29) is 5.41 Å². The minimum atomic E-state index is 0.0817. The molecule has 0 saturated carbocycles. The lowest BCUT2D eigenvalue weighted by molar-refractivity contribution is 0.397. The Labute approximate surface area is 287 Å². The molecule has 1 aliphatic carbocycles. The molecule has 47 heavy (non-hydrogen) atoms. The van der Waals surface area contributed by atoms with E-state index in [2.05, 4.69) is 126 Å². The van der Waals surface area contributed by atoms with E-state index >= 15 is 0 Å². The Hall–Kier alpha value is -3.38. The standard InChI is InChI=1S/C47H60/c1-7-9-11-13-15-17-31-47(32-18-16-14-12-10-8-2)44-33-37(5)23-29-42(44)43-30-28-41(34-45(43)47)46(40-26-21-36(4)22-27-40)38(6)39-24-19-35(3)20-25-39/h19-30,33-34H,7-18,31-32H2,1-6H3/b46-38-. The molecule has 0 saturated heterocycles. The van der Waals surface area contributed by atoms with Gasteiger partial charge in [-0.25, -0.2) is 0 Å².